The van der Waals surface area contributed by atoms with Crippen LogP contribution in [0, 0.1) is 11.2 Å². The Morgan fingerprint density at radius 3 is 2.73 bits per heavy atom. The number of nitrogens with zero attached hydrogens (tertiary/aromatic N) is 1. The molecule has 1 atom stereocenters. The number of nitrogens with two attached hydrogens (primary N) is 1. The van der Waals surface area contributed by atoms with E-state index in [1.165, 1.54) is 29.5 Å². The van der Waals surface area contributed by atoms with Crippen LogP contribution in [0.25, 0.3) is 11.3 Å². The highest BCUT2D eigenvalue weighted by atomic mass is 32.1. The molecule has 4 N–H and O–H groups in total. The minimum Gasteiger partial charge on any atom is -0.465 e. The molecule has 118 valence electrons. The SMILES string of the molecule is CC(C)(C)C(NC(=O)O)c1nc(-c2cc(F)ccc2N)cs1. The number of aromatic nitrogens is 1. The number of hydrogen-bond acceptors (Lipinski definition) is 4. The van der Waals surface area contributed by atoms with Crippen molar-refractivity contribution >= 4 is 23.1 Å². The summed E-state index contributed by atoms with van der Waals surface area (Å²) in [5.41, 5.74) is 6.99. The molecule has 1 aromatic carbocycles. The summed E-state index contributed by atoms with van der Waals surface area (Å²) in [6.45, 7) is 5.77. The van der Waals surface area contributed by atoms with Crippen LogP contribution in [-0.2, 0) is 0 Å². The molecule has 0 saturated carbocycles. The third kappa shape index (κ3) is 3.54. The Hall–Kier alpha value is -2.15. The third-order valence-electron chi connectivity index (χ3n) is 3.19. The van der Waals surface area contributed by atoms with E-state index in [1.807, 2.05) is 20.8 Å². The van der Waals surface area contributed by atoms with Crippen LogP contribution in [0.2, 0.25) is 0 Å². The first kappa shape index (κ1) is 16.2. The number of carbonyl (C=O) groups is 1. The minimum atomic E-state index is -1.11. The molecule has 2 aromatic rings. The molecule has 1 unspecified atom stereocenters. The van der Waals surface area contributed by atoms with Gasteiger partial charge in [-0.05, 0) is 23.6 Å². The zero-order chi connectivity index (χ0) is 16.5. The molecule has 0 aliphatic carbocycles. The van der Waals surface area contributed by atoms with Crippen molar-refractivity contribution in [3.63, 3.8) is 0 Å². The lowest BCUT2D eigenvalue weighted by atomic mass is 9.87. The van der Waals surface area contributed by atoms with Gasteiger partial charge in [0.05, 0.1) is 11.7 Å². The lowest BCUT2D eigenvalue weighted by Gasteiger charge is -2.28. The van der Waals surface area contributed by atoms with Crippen LogP contribution in [0.15, 0.2) is 23.6 Å². The molecule has 0 aliphatic heterocycles. The van der Waals surface area contributed by atoms with Gasteiger partial charge in [-0.2, -0.15) is 0 Å². The molecule has 0 spiro atoms. The number of hydrogen-bond donors (Lipinski definition) is 3. The highest BCUT2D eigenvalue weighted by Gasteiger charge is 2.30. The lowest BCUT2D eigenvalue weighted by molar-refractivity contribution is 0.175. The number of benzene rings is 1. The van der Waals surface area contributed by atoms with Gasteiger partial charge in [0.25, 0.3) is 0 Å². The Morgan fingerprint density at radius 1 is 1.45 bits per heavy atom. The number of anilines is 1. The van der Waals surface area contributed by atoms with E-state index >= 15 is 0 Å². The van der Waals surface area contributed by atoms with Crippen molar-refractivity contribution in [3.8, 4) is 11.3 Å². The predicted octanol–water partition coefficient (Wildman–Crippen LogP) is 3.89. The largest absolute Gasteiger partial charge is 0.465 e. The van der Waals surface area contributed by atoms with Gasteiger partial charge in [0.15, 0.2) is 0 Å². The smallest absolute Gasteiger partial charge is 0.405 e. The van der Waals surface area contributed by atoms with Crippen molar-refractivity contribution in [2.45, 2.75) is 26.8 Å². The molecular formula is C15H18FN3O2S. The number of nitrogens with one attached hydrogen (secondary N) is 1. The van der Waals surface area contributed by atoms with Gasteiger partial charge in [-0.25, -0.2) is 14.2 Å². The van der Waals surface area contributed by atoms with E-state index in [1.54, 1.807) is 5.38 Å². The molecule has 0 saturated heterocycles. The summed E-state index contributed by atoms with van der Waals surface area (Å²) in [4.78, 5) is 15.4. The molecule has 2 rings (SSSR count). The minimum absolute atomic E-state index is 0.346. The maximum Gasteiger partial charge on any atom is 0.405 e. The molecule has 5 nitrogen and oxygen atoms in total. The van der Waals surface area contributed by atoms with Gasteiger partial charge in [0.2, 0.25) is 0 Å². The zero-order valence-electron chi connectivity index (χ0n) is 12.6. The second-order valence-corrected chi connectivity index (χ2v) is 6.94. The summed E-state index contributed by atoms with van der Waals surface area (Å²) < 4.78 is 13.4. The van der Waals surface area contributed by atoms with E-state index in [9.17, 15) is 9.18 Å². The van der Waals surface area contributed by atoms with Crippen LogP contribution in [-0.4, -0.2) is 16.2 Å². The maximum atomic E-state index is 13.4. The fourth-order valence-electron chi connectivity index (χ4n) is 2.07. The van der Waals surface area contributed by atoms with Crippen LogP contribution in [0.5, 0.6) is 0 Å². The van der Waals surface area contributed by atoms with E-state index in [4.69, 9.17) is 10.8 Å². The first-order chi connectivity index (χ1) is 10.2. The summed E-state index contributed by atoms with van der Waals surface area (Å²) >= 11 is 1.32. The molecule has 0 bridgehead atoms. The van der Waals surface area contributed by atoms with Crippen molar-refractivity contribution in [3.05, 3.63) is 34.4 Å². The lowest BCUT2D eigenvalue weighted by Crippen LogP contribution is -2.35. The van der Waals surface area contributed by atoms with Gasteiger partial charge in [-0.1, -0.05) is 20.8 Å². The predicted molar refractivity (Wildman–Crippen MR) is 85.3 cm³/mol. The standard InChI is InChI=1S/C15H18FN3O2S/c1-15(2,3)12(19-14(20)21)13-18-11(7-22-13)9-6-8(16)4-5-10(9)17/h4-7,12,19H,17H2,1-3H3,(H,20,21). The molecule has 0 fully saturated rings. The maximum absolute atomic E-state index is 13.4. The first-order valence-electron chi connectivity index (χ1n) is 6.69. The number of nitrogen functional groups attached to an aromatic ring is 1. The fraction of sp³-hybridized carbons (Fsp3) is 0.333. The van der Waals surface area contributed by atoms with Gasteiger partial charge in [-0.3, -0.25) is 0 Å². The molecule has 1 amide bonds. The van der Waals surface area contributed by atoms with E-state index < -0.39 is 18.0 Å². The summed E-state index contributed by atoms with van der Waals surface area (Å²) in [7, 11) is 0. The van der Waals surface area contributed by atoms with Crippen LogP contribution in [0.3, 0.4) is 0 Å². The average Bonchev–Trinajstić information content (AvgIpc) is 2.86. The van der Waals surface area contributed by atoms with E-state index in [-0.39, 0.29) is 5.41 Å². The van der Waals surface area contributed by atoms with Crippen LogP contribution in [0.1, 0.15) is 31.8 Å². The van der Waals surface area contributed by atoms with Crippen molar-refractivity contribution in [2.75, 3.05) is 5.73 Å². The van der Waals surface area contributed by atoms with Gasteiger partial charge >= 0.3 is 6.09 Å². The van der Waals surface area contributed by atoms with Gasteiger partial charge in [0.1, 0.15) is 10.8 Å². The Bertz CT molecular complexity index is 694. The molecular weight excluding hydrogens is 305 g/mol. The highest BCUT2D eigenvalue weighted by molar-refractivity contribution is 7.10. The summed E-state index contributed by atoms with van der Waals surface area (Å²) in [6.07, 6.45) is -1.11. The van der Waals surface area contributed by atoms with Gasteiger partial charge in [0, 0.05) is 16.6 Å². The molecule has 0 radical (unpaired) electrons. The molecule has 1 heterocycles. The third-order valence-corrected chi connectivity index (χ3v) is 4.10. The normalized spacial score (nSPS) is 12.9. The molecule has 0 aliphatic rings. The second kappa shape index (κ2) is 5.92. The highest BCUT2D eigenvalue weighted by Crippen LogP contribution is 2.37. The number of amides is 1. The van der Waals surface area contributed by atoms with E-state index in [2.05, 4.69) is 10.3 Å². The van der Waals surface area contributed by atoms with Gasteiger partial charge < -0.3 is 16.2 Å². The zero-order valence-corrected chi connectivity index (χ0v) is 13.4. The quantitative estimate of drug-likeness (QED) is 0.748. The number of halogens is 1. The van der Waals surface area contributed by atoms with Crippen molar-refractivity contribution in [2.24, 2.45) is 5.41 Å². The Morgan fingerprint density at radius 2 is 2.14 bits per heavy atom. The average molecular weight is 323 g/mol. The van der Waals surface area contributed by atoms with E-state index in [0.717, 1.165) is 0 Å². The molecule has 22 heavy (non-hydrogen) atoms. The van der Waals surface area contributed by atoms with Crippen molar-refractivity contribution in [1.29, 1.82) is 0 Å². The number of rotatable bonds is 3. The first-order valence-corrected chi connectivity index (χ1v) is 7.56. The monoisotopic (exact) mass is 323 g/mol. The topological polar surface area (TPSA) is 88.2 Å². The van der Waals surface area contributed by atoms with Crippen LogP contribution in [0.4, 0.5) is 14.9 Å². The summed E-state index contributed by atoms with van der Waals surface area (Å²) in [5.74, 6) is -0.394. The second-order valence-electron chi connectivity index (χ2n) is 6.05. The Labute approximate surface area is 132 Å². The van der Waals surface area contributed by atoms with E-state index in [0.29, 0.717) is 22.0 Å². The summed E-state index contributed by atoms with van der Waals surface area (Å²) in [6, 6.07) is 3.64. The summed E-state index contributed by atoms with van der Waals surface area (Å²) in [5, 5.41) is 13.9. The van der Waals surface area contributed by atoms with Crippen molar-refractivity contribution in [1.82, 2.24) is 10.3 Å². The fourth-order valence-corrected chi connectivity index (χ4v) is 3.18. The van der Waals surface area contributed by atoms with Crippen LogP contribution < -0.4 is 11.1 Å². The van der Waals surface area contributed by atoms with Crippen LogP contribution >= 0.6 is 11.3 Å². The number of carboxylic acid groups (broad SMARTS) is 1. The number of thiazole rings is 1. The van der Waals surface area contributed by atoms with Gasteiger partial charge in [-0.15, -0.1) is 11.3 Å². The van der Waals surface area contributed by atoms with Crippen molar-refractivity contribution < 1.29 is 14.3 Å². The Kier molecular flexibility index (Phi) is 4.37. The molecule has 1 aromatic heterocycles. The Balaban J connectivity index is 2.41. The molecule has 7 heteroatoms.